The highest BCUT2D eigenvalue weighted by atomic mass is 16.3. The van der Waals surface area contributed by atoms with Crippen LogP contribution in [0.3, 0.4) is 0 Å². The van der Waals surface area contributed by atoms with E-state index in [1.807, 2.05) is 0 Å². The molecule has 4 N–H and O–H groups in total. The molecular weight excluding hydrogens is 132 g/mol. The first-order valence-corrected chi connectivity index (χ1v) is 3.39. The molecule has 0 aromatic rings. The molecule has 2 saturated heterocycles. The van der Waals surface area contributed by atoms with Gasteiger partial charge in [0.15, 0.2) is 0 Å². The monoisotopic (exact) mass is 142 g/mol. The van der Waals surface area contributed by atoms with Crippen molar-refractivity contribution in [1.29, 1.82) is 0 Å². The lowest BCUT2D eigenvalue weighted by atomic mass is 9.64. The Kier molecular flexibility index (Phi) is 0.928. The number of carbonyl (C=O) groups is 1. The fourth-order valence-corrected chi connectivity index (χ4v) is 1.66. The van der Waals surface area contributed by atoms with Crippen LogP contribution in [0.5, 0.6) is 0 Å². The molecular formula is C6H10N2O2. The summed E-state index contributed by atoms with van der Waals surface area (Å²) in [6.07, 6.45) is 0.449. The third-order valence-electron chi connectivity index (χ3n) is 2.45. The minimum atomic E-state index is -0.829. The van der Waals surface area contributed by atoms with E-state index in [4.69, 9.17) is 5.73 Å². The van der Waals surface area contributed by atoms with Crippen LogP contribution in [-0.4, -0.2) is 22.8 Å². The largest absolute Gasteiger partial charge is 0.372 e. The molecule has 56 valence electrons. The average Bonchev–Trinajstić information content (AvgIpc) is 1.76. The average molecular weight is 142 g/mol. The number of amides is 1. The third kappa shape index (κ3) is 0.552. The number of rotatable bonds is 0. The number of nitrogens with one attached hydrogen (secondary N) is 1. The number of nitrogens with two attached hydrogens (primary N) is 1. The first-order valence-electron chi connectivity index (χ1n) is 3.39. The molecule has 0 aromatic carbocycles. The Bertz CT molecular complexity index is 186. The van der Waals surface area contributed by atoms with Crippen LogP contribution >= 0.6 is 0 Å². The van der Waals surface area contributed by atoms with Gasteiger partial charge in [0, 0.05) is 5.92 Å². The topological polar surface area (TPSA) is 75.4 Å². The van der Waals surface area contributed by atoms with E-state index in [1.54, 1.807) is 0 Å². The van der Waals surface area contributed by atoms with E-state index in [0.717, 1.165) is 0 Å². The summed E-state index contributed by atoms with van der Waals surface area (Å²) in [7, 11) is 0. The summed E-state index contributed by atoms with van der Waals surface area (Å²) in [5.74, 6) is 0.00762. The maximum Gasteiger partial charge on any atom is 0.225 e. The van der Waals surface area contributed by atoms with Crippen LogP contribution in [0.1, 0.15) is 12.8 Å². The third-order valence-corrected chi connectivity index (χ3v) is 2.45. The predicted octanol–water partition coefficient (Wildman–Crippen LogP) is -1.46. The number of piperidine rings is 2. The van der Waals surface area contributed by atoms with Crippen molar-refractivity contribution >= 4 is 5.91 Å². The predicted molar refractivity (Wildman–Crippen MR) is 33.8 cm³/mol. The molecule has 3 fully saturated rings. The molecule has 1 aliphatic carbocycles. The summed E-state index contributed by atoms with van der Waals surface area (Å²) in [6, 6.07) is 0. The molecule has 3 rings (SSSR count). The molecule has 3 aliphatic rings. The second kappa shape index (κ2) is 1.52. The molecule has 1 unspecified atom stereocenters. The highest BCUT2D eigenvalue weighted by molar-refractivity contribution is 5.82. The van der Waals surface area contributed by atoms with Gasteiger partial charge in [-0.05, 0) is 12.8 Å². The van der Waals surface area contributed by atoms with Gasteiger partial charge in [0.05, 0.1) is 5.54 Å². The Morgan fingerprint density at radius 3 is 2.70 bits per heavy atom. The van der Waals surface area contributed by atoms with E-state index in [0.29, 0.717) is 12.8 Å². The highest BCUT2D eigenvalue weighted by Crippen LogP contribution is 2.41. The van der Waals surface area contributed by atoms with Gasteiger partial charge in [-0.1, -0.05) is 0 Å². The molecule has 2 heterocycles. The maximum atomic E-state index is 10.9. The molecule has 2 aliphatic heterocycles. The lowest BCUT2D eigenvalue weighted by Crippen LogP contribution is -2.72. The molecule has 1 amide bonds. The van der Waals surface area contributed by atoms with Crippen molar-refractivity contribution in [3.63, 3.8) is 0 Å². The molecule has 10 heavy (non-hydrogen) atoms. The van der Waals surface area contributed by atoms with Crippen LogP contribution in [0.2, 0.25) is 0 Å². The van der Waals surface area contributed by atoms with Crippen LogP contribution < -0.4 is 11.1 Å². The van der Waals surface area contributed by atoms with E-state index in [-0.39, 0.29) is 11.8 Å². The molecule has 4 nitrogen and oxygen atoms in total. The number of hydrogen-bond acceptors (Lipinski definition) is 3. The molecule has 2 bridgehead atoms. The number of fused-ring (bicyclic) bond motifs is 2. The quantitative estimate of drug-likeness (QED) is 0.387. The van der Waals surface area contributed by atoms with E-state index in [9.17, 15) is 9.90 Å². The first-order chi connectivity index (χ1) is 4.62. The molecule has 0 spiro atoms. The van der Waals surface area contributed by atoms with Gasteiger partial charge in [-0.2, -0.15) is 0 Å². The number of carbonyl (C=O) groups excluding carboxylic acids is 1. The van der Waals surface area contributed by atoms with E-state index in [1.165, 1.54) is 0 Å². The van der Waals surface area contributed by atoms with Gasteiger partial charge in [0.1, 0.15) is 6.23 Å². The van der Waals surface area contributed by atoms with Crippen molar-refractivity contribution in [2.45, 2.75) is 24.6 Å². The van der Waals surface area contributed by atoms with E-state index < -0.39 is 11.8 Å². The first kappa shape index (κ1) is 6.12. The van der Waals surface area contributed by atoms with Gasteiger partial charge in [0.2, 0.25) is 5.91 Å². The fraction of sp³-hybridized carbons (Fsp3) is 0.833. The van der Waals surface area contributed by atoms with Gasteiger partial charge < -0.3 is 16.2 Å². The van der Waals surface area contributed by atoms with Crippen molar-refractivity contribution in [3.05, 3.63) is 0 Å². The fourth-order valence-electron chi connectivity index (χ4n) is 1.66. The van der Waals surface area contributed by atoms with Crippen LogP contribution in [0.4, 0.5) is 0 Å². The highest BCUT2D eigenvalue weighted by Gasteiger charge is 2.54. The lowest BCUT2D eigenvalue weighted by Gasteiger charge is -2.51. The Hall–Kier alpha value is -0.610. The second-order valence-corrected chi connectivity index (χ2v) is 3.25. The van der Waals surface area contributed by atoms with E-state index >= 15 is 0 Å². The molecule has 1 saturated carbocycles. The SMILES string of the molecule is NC12CC(C1)C(=O)NC2O. The van der Waals surface area contributed by atoms with Gasteiger partial charge in [-0.15, -0.1) is 0 Å². The Morgan fingerprint density at radius 1 is 1.70 bits per heavy atom. The molecule has 1 atom stereocenters. The van der Waals surface area contributed by atoms with Crippen LogP contribution in [0.25, 0.3) is 0 Å². The molecule has 0 aromatic heterocycles. The zero-order valence-electron chi connectivity index (χ0n) is 5.50. The number of aliphatic hydroxyl groups is 1. The second-order valence-electron chi connectivity index (χ2n) is 3.25. The lowest BCUT2D eigenvalue weighted by molar-refractivity contribution is -0.150. The standard InChI is InChI=1S/C6H10N2O2/c7-6-1-3(2-6)4(9)8-5(6)10/h3,5,10H,1-2,7H2,(H,8,9). The smallest absolute Gasteiger partial charge is 0.225 e. The summed E-state index contributed by atoms with van der Waals surface area (Å²) < 4.78 is 0. The Labute approximate surface area is 58.4 Å². The minimum absolute atomic E-state index is 0.0557. The van der Waals surface area contributed by atoms with Gasteiger partial charge in [-0.25, -0.2) is 0 Å². The van der Waals surface area contributed by atoms with Gasteiger partial charge in [0.25, 0.3) is 0 Å². The number of aliphatic hydroxyl groups excluding tert-OH is 1. The Balaban J connectivity index is 2.19. The van der Waals surface area contributed by atoms with Crippen LogP contribution in [0, 0.1) is 5.92 Å². The summed E-state index contributed by atoms with van der Waals surface area (Å²) >= 11 is 0. The van der Waals surface area contributed by atoms with Crippen molar-refractivity contribution in [2.75, 3.05) is 0 Å². The summed E-state index contributed by atoms with van der Waals surface area (Å²) in [5.41, 5.74) is 5.17. The van der Waals surface area contributed by atoms with Gasteiger partial charge >= 0.3 is 0 Å². The van der Waals surface area contributed by atoms with Crippen molar-refractivity contribution < 1.29 is 9.90 Å². The van der Waals surface area contributed by atoms with Crippen LogP contribution in [-0.2, 0) is 4.79 Å². The van der Waals surface area contributed by atoms with Crippen molar-refractivity contribution in [2.24, 2.45) is 11.7 Å². The van der Waals surface area contributed by atoms with Crippen LogP contribution in [0.15, 0.2) is 0 Å². The maximum absolute atomic E-state index is 10.9. The zero-order chi connectivity index (χ0) is 7.35. The summed E-state index contributed by atoms with van der Waals surface area (Å²) in [4.78, 5) is 10.9. The van der Waals surface area contributed by atoms with Gasteiger partial charge in [-0.3, -0.25) is 4.79 Å². The zero-order valence-corrected chi connectivity index (χ0v) is 5.50. The molecule has 0 radical (unpaired) electrons. The number of hydrogen-bond donors (Lipinski definition) is 3. The van der Waals surface area contributed by atoms with Crippen molar-refractivity contribution in [1.82, 2.24) is 5.32 Å². The normalized spacial score (nSPS) is 51.6. The minimum Gasteiger partial charge on any atom is -0.372 e. The van der Waals surface area contributed by atoms with E-state index in [2.05, 4.69) is 5.32 Å². The molecule has 4 heteroatoms. The summed E-state index contributed by atoms with van der Waals surface area (Å²) in [6.45, 7) is 0. The summed E-state index contributed by atoms with van der Waals surface area (Å²) in [5, 5.41) is 11.6. The Morgan fingerprint density at radius 2 is 2.30 bits per heavy atom. The van der Waals surface area contributed by atoms with Crippen molar-refractivity contribution in [3.8, 4) is 0 Å².